The first kappa shape index (κ1) is 11.2. The van der Waals surface area contributed by atoms with Crippen LogP contribution in [-0.2, 0) is 23.2 Å². The Hall–Kier alpha value is -0.880. The Bertz CT molecular complexity index is 383. The van der Waals surface area contributed by atoms with Crippen molar-refractivity contribution < 1.29 is 17.5 Å². The predicted octanol–water partition coefficient (Wildman–Crippen LogP) is -0.269. The summed E-state index contributed by atoms with van der Waals surface area (Å²) in [5.74, 6) is -0.294. The lowest BCUT2D eigenvalue weighted by Crippen LogP contribution is -2.32. The second-order valence-corrected chi connectivity index (χ2v) is 4.62. The zero-order valence-electron chi connectivity index (χ0n) is 8.09. The molecule has 0 N–H and O–H groups in total. The van der Waals surface area contributed by atoms with E-state index in [-0.39, 0.29) is 5.75 Å². The Morgan fingerprint density at radius 1 is 1.50 bits per heavy atom. The van der Waals surface area contributed by atoms with E-state index in [1.54, 1.807) is 0 Å². The molecule has 0 saturated heterocycles. The standard InChI is InChI=1S/C8H14N2O3S/c1-2-9-5-6-10(8-9)4-3-7-14(11,12)13/h5-6,8H,2-4,7H2,1H3. The second-order valence-electron chi connectivity index (χ2n) is 3.10. The van der Waals surface area contributed by atoms with Crippen molar-refractivity contribution in [3.05, 3.63) is 18.7 Å². The van der Waals surface area contributed by atoms with Gasteiger partial charge < -0.3 is 4.55 Å². The Morgan fingerprint density at radius 3 is 2.71 bits per heavy atom. The fourth-order valence-electron chi connectivity index (χ4n) is 1.18. The number of nitrogens with zero attached hydrogens (tertiary/aromatic N) is 2. The van der Waals surface area contributed by atoms with Crippen molar-refractivity contribution in [2.24, 2.45) is 0 Å². The first-order valence-electron chi connectivity index (χ1n) is 4.49. The first-order valence-corrected chi connectivity index (χ1v) is 6.07. The van der Waals surface area contributed by atoms with Crippen molar-refractivity contribution in [2.45, 2.75) is 26.4 Å². The van der Waals surface area contributed by atoms with Crippen LogP contribution >= 0.6 is 0 Å². The molecule has 1 rings (SSSR count). The maximum absolute atomic E-state index is 10.3. The molecule has 0 radical (unpaired) electrons. The van der Waals surface area contributed by atoms with Gasteiger partial charge in [0.15, 0.2) is 0 Å². The third-order valence-electron chi connectivity index (χ3n) is 1.92. The lowest BCUT2D eigenvalue weighted by molar-refractivity contribution is -0.696. The van der Waals surface area contributed by atoms with Gasteiger partial charge in [-0.15, -0.1) is 0 Å². The van der Waals surface area contributed by atoms with E-state index in [0.29, 0.717) is 13.0 Å². The zero-order chi connectivity index (χ0) is 10.6. The highest BCUT2D eigenvalue weighted by atomic mass is 32.2. The van der Waals surface area contributed by atoms with E-state index in [1.165, 1.54) is 0 Å². The van der Waals surface area contributed by atoms with Gasteiger partial charge >= 0.3 is 0 Å². The van der Waals surface area contributed by atoms with E-state index >= 15 is 0 Å². The van der Waals surface area contributed by atoms with Crippen LogP contribution in [0.4, 0.5) is 0 Å². The van der Waals surface area contributed by atoms with Gasteiger partial charge in [-0.05, 0) is 13.3 Å². The molecule has 0 atom stereocenters. The molecule has 1 aromatic heterocycles. The van der Waals surface area contributed by atoms with Crippen LogP contribution < -0.4 is 4.57 Å². The van der Waals surface area contributed by atoms with Gasteiger partial charge in [0.25, 0.3) is 0 Å². The van der Waals surface area contributed by atoms with E-state index in [1.807, 2.05) is 34.8 Å². The van der Waals surface area contributed by atoms with Gasteiger partial charge in [-0.1, -0.05) is 0 Å². The number of hydrogen-bond donors (Lipinski definition) is 0. The molecular formula is C8H14N2O3S. The number of rotatable bonds is 5. The molecule has 0 fully saturated rings. The Kier molecular flexibility index (Phi) is 3.65. The molecule has 5 nitrogen and oxygen atoms in total. The molecule has 80 valence electrons. The molecule has 1 aromatic rings. The molecule has 0 aliphatic rings. The van der Waals surface area contributed by atoms with Crippen LogP contribution in [0.3, 0.4) is 0 Å². The minimum Gasteiger partial charge on any atom is -0.748 e. The van der Waals surface area contributed by atoms with E-state index in [2.05, 4.69) is 0 Å². The van der Waals surface area contributed by atoms with Crippen LogP contribution in [0, 0.1) is 0 Å². The van der Waals surface area contributed by atoms with Gasteiger partial charge in [0.2, 0.25) is 6.33 Å². The SMILES string of the molecule is CCn1cc[n+](CCCS(=O)(=O)[O-])c1. The first-order chi connectivity index (χ1) is 6.51. The molecule has 1 heterocycles. The molecular weight excluding hydrogens is 204 g/mol. The summed E-state index contributed by atoms with van der Waals surface area (Å²) in [5.41, 5.74) is 0. The Morgan fingerprint density at radius 2 is 2.21 bits per heavy atom. The molecule has 0 aliphatic carbocycles. The van der Waals surface area contributed by atoms with Gasteiger partial charge in [0, 0.05) is 5.75 Å². The van der Waals surface area contributed by atoms with Gasteiger partial charge in [0.1, 0.15) is 12.4 Å². The topological polar surface area (TPSA) is 66.0 Å². The molecule has 0 spiro atoms. The smallest absolute Gasteiger partial charge is 0.243 e. The maximum Gasteiger partial charge on any atom is 0.243 e. The Balaban J connectivity index is 2.39. The van der Waals surface area contributed by atoms with Crippen LogP contribution in [0.25, 0.3) is 0 Å². The lowest BCUT2D eigenvalue weighted by atomic mass is 10.5. The van der Waals surface area contributed by atoms with Crippen LogP contribution in [0.2, 0.25) is 0 Å². The van der Waals surface area contributed by atoms with Gasteiger partial charge in [-0.3, -0.25) is 0 Å². The summed E-state index contributed by atoms with van der Waals surface area (Å²) in [6.45, 7) is 3.47. The van der Waals surface area contributed by atoms with Crippen LogP contribution in [0.5, 0.6) is 0 Å². The zero-order valence-corrected chi connectivity index (χ0v) is 8.90. The second kappa shape index (κ2) is 4.56. The van der Waals surface area contributed by atoms with Crippen molar-refractivity contribution in [3.63, 3.8) is 0 Å². The largest absolute Gasteiger partial charge is 0.748 e. The third kappa shape index (κ3) is 3.89. The van der Waals surface area contributed by atoms with Gasteiger partial charge in [0.05, 0.1) is 23.2 Å². The monoisotopic (exact) mass is 218 g/mol. The summed E-state index contributed by atoms with van der Waals surface area (Å²) in [7, 11) is -4.06. The summed E-state index contributed by atoms with van der Waals surface area (Å²) < 4.78 is 34.8. The molecule has 14 heavy (non-hydrogen) atoms. The summed E-state index contributed by atoms with van der Waals surface area (Å²) in [4.78, 5) is 0. The number of hydrogen-bond acceptors (Lipinski definition) is 3. The van der Waals surface area contributed by atoms with Gasteiger partial charge in [-0.25, -0.2) is 17.6 Å². The average Bonchev–Trinajstić information content (AvgIpc) is 2.50. The molecule has 0 bridgehead atoms. The van der Waals surface area contributed by atoms with Crippen molar-refractivity contribution in [2.75, 3.05) is 5.75 Å². The van der Waals surface area contributed by atoms with Gasteiger partial charge in [-0.2, -0.15) is 0 Å². The summed E-state index contributed by atoms with van der Waals surface area (Å²) >= 11 is 0. The van der Waals surface area contributed by atoms with E-state index in [4.69, 9.17) is 0 Å². The van der Waals surface area contributed by atoms with Crippen LogP contribution in [0.15, 0.2) is 18.7 Å². The minimum absolute atomic E-state index is 0.294. The molecule has 0 unspecified atom stereocenters. The highest BCUT2D eigenvalue weighted by molar-refractivity contribution is 7.85. The van der Waals surface area contributed by atoms with Crippen molar-refractivity contribution in [1.82, 2.24) is 4.57 Å². The molecule has 0 saturated carbocycles. The Labute approximate surface area is 83.7 Å². The van der Waals surface area contributed by atoms with E-state index in [9.17, 15) is 13.0 Å². The minimum atomic E-state index is -4.06. The fourth-order valence-corrected chi connectivity index (χ4v) is 1.66. The fraction of sp³-hybridized carbons (Fsp3) is 0.625. The molecule has 0 aromatic carbocycles. The predicted molar refractivity (Wildman–Crippen MR) is 49.5 cm³/mol. The number of aromatic nitrogens is 2. The third-order valence-corrected chi connectivity index (χ3v) is 2.71. The van der Waals surface area contributed by atoms with Crippen LogP contribution in [-0.4, -0.2) is 23.3 Å². The van der Waals surface area contributed by atoms with Crippen LogP contribution in [0.1, 0.15) is 13.3 Å². The number of imidazole rings is 1. The summed E-state index contributed by atoms with van der Waals surface area (Å²) in [5, 5.41) is 0. The average molecular weight is 218 g/mol. The highest BCUT2D eigenvalue weighted by Crippen LogP contribution is 1.89. The van der Waals surface area contributed by atoms with E-state index < -0.39 is 10.1 Å². The number of aryl methyl sites for hydroxylation is 2. The maximum atomic E-state index is 10.3. The normalized spacial score (nSPS) is 11.9. The highest BCUT2D eigenvalue weighted by Gasteiger charge is 2.02. The van der Waals surface area contributed by atoms with Crippen molar-refractivity contribution in [3.8, 4) is 0 Å². The molecule has 0 aliphatic heterocycles. The molecule has 0 amide bonds. The lowest BCUT2D eigenvalue weighted by Gasteiger charge is -2.03. The summed E-state index contributed by atoms with van der Waals surface area (Å²) in [6.07, 6.45) is 6.02. The van der Waals surface area contributed by atoms with Crippen molar-refractivity contribution in [1.29, 1.82) is 0 Å². The van der Waals surface area contributed by atoms with Crippen molar-refractivity contribution >= 4 is 10.1 Å². The van der Waals surface area contributed by atoms with E-state index in [0.717, 1.165) is 6.54 Å². The quantitative estimate of drug-likeness (QED) is 0.505. The molecule has 6 heteroatoms. The summed E-state index contributed by atoms with van der Waals surface area (Å²) in [6, 6.07) is 0.